The van der Waals surface area contributed by atoms with Crippen molar-refractivity contribution in [3.05, 3.63) is 29.5 Å². The summed E-state index contributed by atoms with van der Waals surface area (Å²) in [7, 11) is 0. The van der Waals surface area contributed by atoms with E-state index < -0.39 is 0 Å². The Morgan fingerprint density at radius 1 is 1.50 bits per heavy atom. The van der Waals surface area contributed by atoms with E-state index in [0.29, 0.717) is 31.6 Å². The molecule has 0 N–H and O–H groups in total. The van der Waals surface area contributed by atoms with E-state index in [9.17, 15) is 4.79 Å². The molecule has 1 aromatic carbocycles. The lowest BCUT2D eigenvalue weighted by Gasteiger charge is -2.05. The first-order chi connectivity index (χ1) is 9.67. The number of hydrogen-bond donors (Lipinski definition) is 0. The van der Waals surface area contributed by atoms with Gasteiger partial charge in [-0.05, 0) is 38.0 Å². The third kappa shape index (κ3) is 2.80. The van der Waals surface area contributed by atoms with Crippen molar-refractivity contribution in [3.8, 4) is 6.07 Å². The second-order valence-corrected chi connectivity index (χ2v) is 4.56. The number of rotatable bonds is 5. The minimum Gasteiger partial charge on any atom is -0.466 e. The molecule has 2 rings (SSSR count). The van der Waals surface area contributed by atoms with Crippen molar-refractivity contribution >= 4 is 16.9 Å². The lowest BCUT2D eigenvalue weighted by atomic mass is 10.1. The third-order valence-corrected chi connectivity index (χ3v) is 3.27. The number of carbonyl (C=O) groups excluding carboxylic acids is 1. The predicted molar refractivity (Wildman–Crippen MR) is 75.1 cm³/mol. The molecular formula is C15H17N3O2. The largest absolute Gasteiger partial charge is 0.466 e. The Morgan fingerprint density at radius 2 is 2.30 bits per heavy atom. The summed E-state index contributed by atoms with van der Waals surface area (Å²) in [5.74, 6) is -0.174. The van der Waals surface area contributed by atoms with Crippen molar-refractivity contribution in [2.24, 2.45) is 0 Å². The molecule has 0 saturated heterocycles. The fourth-order valence-corrected chi connectivity index (χ4v) is 2.20. The third-order valence-electron chi connectivity index (χ3n) is 3.27. The van der Waals surface area contributed by atoms with Crippen molar-refractivity contribution in [1.29, 1.82) is 5.26 Å². The molecule has 2 aromatic rings. The number of carbonyl (C=O) groups is 1. The summed E-state index contributed by atoms with van der Waals surface area (Å²) in [4.78, 5) is 11.3. The van der Waals surface area contributed by atoms with Crippen LogP contribution in [0.2, 0.25) is 0 Å². The Bertz CT molecular complexity index is 668. The van der Waals surface area contributed by atoms with Gasteiger partial charge in [0.15, 0.2) is 0 Å². The van der Waals surface area contributed by atoms with Crippen LogP contribution in [0, 0.1) is 18.3 Å². The molecule has 0 spiro atoms. The fourth-order valence-electron chi connectivity index (χ4n) is 2.20. The van der Waals surface area contributed by atoms with Gasteiger partial charge in [0.25, 0.3) is 0 Å². The van der Waals surface area contributed by atoms with Crippen LogP contribution in [0.4, 0.5) is 0 Å². The summed E-state index contributed by atoms with van der Waals surface area (Å²) in [6.07, 6.45) is 2.86. The lowest BCUT2D eigenvalue weighted by molar-refractivity contribution is -0.143. The topological polar surface area (TPSA) is 67.9 Å². The van der Waals surface area contributed by atoms with E-state index >= 15 is 0 Å². The van der Waals surface area contributed by atoms with Gasteiger partial charge in [0, 0.05) is 18.4 Å². The second kappa shape index (κ2) is 6.20. The molecule has 5 nitrogen and oxygen atoms in total. The van der Waals surface area contributed by atoms with Crippen molar-refractivity contribution in [2.75, 3.05) is 6.61 Å². The Morgan fingerprint density at radius 3 is 3.00 bits per heavy atom. The van der Waals surface area contributed by atoms with Crippen molar-refractivity contribution < 1.29 is 9.53 Å². The van der Waals surface area contributed by atoms with Crippen LogP contribution in [0.5, 0.6) is 0 Å². The summed E-state index contributed by atoms with van der Waals surface area (Å²) >= 11 is 0. The molecule has 5 heteroatoms. The van der Waals surface area contributed by atoms with Crippen molar-refractivity contribution in [2.45, 2.75) is 33.2 Å². The number of nitrogens with zero attached hydrogens (tertiary/aromatic N) is 3. The lowest BCUT2D eigenvalue weighted by Crippen LogP contribution is -2.07. The maximum absolute atomic E-state index is 11.3. The van der Waals surface area contributed by atoms with E-state index in [1.807, 2.05) is 17.7 Å². The molecule has 104 valence electrons. The van der Waals surface area contributed by atoms with Gasteiger partial charge in [0.1, 0.15) is 0 Å². The Labute approximate surface area is 117 Å². The molecule has 0 amide bonds. The molecule has 0 atom stereocenters. The molecule has 1 heterocycles. The summed E-state index contributed by atoms with van der Waals surface area (Å²) in [5, 5.41) is 14.3. The average Bonchev–Trinajstić information content (AvgIpc) is 2.84. The normalized spacial score (nSPS) is 10.4. The van der Waals surface area contributed by atoms with Crippen LogP contribution >= 0.6 is 0 Å². The van der Waals surface area contributed by atoms with Crippen LogP contribution in [-0.4, -0.2) is 22.4 Å². The van der Waals surface area contributed by atoms with Crippen molar-refractivity contribution in [3.63, 3.8) is 0 Å². The number of aryl methyl sites for hydroxylation is 2. The number of hydrogen-bond acceptors (Lipinski definition) is 4. The molecule has 0 aliphatic carbocycles. The number of nitriles is 1. The highest BCUT2D eigenvalue weighted by Crippen LogP contribution is 2.21. The first kappa shape index (κ1) is 14.1. The van der Waals surface area contributed by atoms with Crippen LogP contribution in [-0.2, 0) is 16.1 Å². The molecule has 0 saturated carbocycles. The summed E-state index contributed by atoms with van der Waals surface area (Å²) < 4.78 is 6.76. The second-order valence-electron chi connectivity index (χ2n) is 4.56. The smallest absolute Gasteiger partial charge is 0.305 e. The van der Waals surface area contributed by atoms with E-state index in [0.717, 1.165) is 16.5 Å². The minimum atomic E-state index is -0.174. The zero-order chi connectivity index (χ0) is 14.5. The zero-order valence-corrected chi connectivity index (χ0v) is 11.7. The molecule has 0 bridgehead atoms. The highest BCUT2D eigenvalue weighted by molar-refractivity contribution is 5.84. The molecule has 1 aromatic heterocycles. The van der Waals surface area contributed by atoms with Crippen LogP contribution in [0.25, 0.3) is 10.9 Å². The van der Waals surface area contributed by atoms with Crippen LogP contribution in [0.3, 0.4) is 0 Å². The molecule has 20 heavy (non-hydrogen) atoms. The summed E-state index contributed by atoms with van der Waals surface area (Å²) in [6.45, 7) is 4.80. The molecule has 0 unspecified atom stereocenters. The standard InChI is InChI=1S/C15H17N3O2/c1-3-20-15(19)5-4-8-18-14-7-6-12(9-16)11(2)13(14)10-17-18/h6-7,10H,3-5,8H2,1-2H3. The number of fused-ring (bicyclic) bond motifs is 1. The molecular weight excluding hydrogens is 254 g/mol. The van der Waals surface area contributed by atoms with Crippen LogP contribution < -0.4 is 0 Å². The minimum absolute atomic E-state index is 0.174. The van der Waals surface area contributed by atoms with Crippen LogP contribution in [0.1, 0.15) is 30.9 Å². The number of esters is 1. The van der Waals surface area contributed by atoms with Gasteiger partial charge in [-0.1, -0.05) is 0 Å². The Hall–Kier alpha value is -2.35. The highest BCUT2D eigenvalue weighted by Gasteiger charge is 2.09. The van der Waals surface area contributed by atoms with Gasteiger partial charge >= 0.3 is 5.97 Å². The zero-order valence-electron chi connectivity index (χ0n) is 11.7. The van der Waals surface area contributed by atoms with Gasteiger partial charge in [-0.15, -0.1) is 0 Å². The first-order valence-corrected chi connectivity index (χ1v) is 6.68. The maximum atomic E-state index is 11.3. The highest BCUT2D eigenvalue weighted by atomic mass is 16.5. The molecule has 0 aliphatic heterocycles. The van der Waals surface area contributed by atoms with Gasteiger partial charge in [-0.2, -0.15) is 10.4 Å². The number of aromatic nitrogens is 2. The Kier molecular flexibility index (Phi) is 4.36. The Balaban J connectivity index is 2.11. The first-order valence-electron chi connectivity index (χ1n) is 6.68. The monoisotopic (exact) mass is 271 g/mol. The molecule has 0 aliphatic rings. The predicted octanol–water partition coefficient (Wildman–Crippen LogP) is 2.56. The van der Waals surface area contributed by atoms with E-state index in [4.69, 9.17) is 10.00 Å². The van der Waals surface area contributed by atoms with Gasteiger partial charge in [0.2, 0.25) is 0 Å². The number of benzene rings is 1. The van der Waals surface area contributed by atoms with E-state index in [1.165, 1.54) is 0 Å². The van der Waals surface area contributed by atoms with Gasteiger partial charge in [-0.3, -0.25) is 9.48 Å². The molecule has 0 fully saturated rings. The fraction of sp³-hybridized carbons (Fsp3) is 0.400. The van der Waals surface area contributed by atoms with Gasteiger partial charge in [-0.25, -0.2) is 0 Å². The van der Waals surface area contributed by atoms with Gasteiger partial charge in [0.05, 0.1) is 30.0 Å². The van der Waals surface area contributed by atoms with Crippen LogP contribution in [0.15, 0.2) is 18.3 Å². The van der Waals surface area contributed by atoms with E-state index in [2.05, 4.69) is 11.2 Å². The van der Waals surface area contributed by atoms with E-state index in [-0.39, 0.29) is 5.97 Å². The average molecular weight is 271 g/mol. The SMILES string of the molecule is CCOC(=O)CCCn1ncc2c(C)c(C#N)ccc21. The summed E-state index contributed by atoms with van der Waals surface area (Å²) in [5.41, 5.74) is 2.61. The molecule has 0 radical (unpaired) electrons. The van der Waals surface area contributed by atoms with Gasteiger partial charge < -0.3 is 4.74 Å². The number of ether oxygens (including phenoxy) is 1. The van der Waals surface area contributed by atoms with Crippen molar-refractivity contribution in [1.82, 2.24) is 9.78 Å². The van der Waals surface area contributed by atoms with E-state index in [1.54, 1.807) is 19.2 Å². The quantitative estimate of drug-likeness (QED) is 0.784. The summed E-state index contributed by atoms with van der Waals surface area (Å²) in [6, 6.07) is 5.88. The maximum Gasteiger partial charge on any atom is 0.305 e.